The van der Waals surface area contributed by atoms with Crippen molar-refractivity contribution in [3.8, 4) is 0 Å². The van der Waals surface area contributed by atoms with Crippen molar-refractivity contribution in [2.75, 3.05) is 23.7 Å². The van der Waals surface area contributed by atoms with Gasteiger partial charge in [-0.3, -0.25) is 0 Å². The van der Waals surface area contributed by atoms with Gasteiger partial charge in [-0.1, -0.05) is 19.9 Å². The maximum atomic E-state index is 13.4. The Morgan fingerprint density at radius 1 is 1.33 bits per heavy atom. The molecule has 0 amide bonds. The van der Waals surface area contributed by atoms with Gasteiger partial charge < -0.3 is 4.90 Å². The van der Waals surface area contributed by atoms with Crippen molar-refractivity contribution in [2.24, 2.45) is 5.41 Å². The second-order valence-electron chi connectivity index (χ2n) is 5.31. The topological polar surface area (TPSA) is 3.24 Å². The molecule has 1 aliphatic rings. The fourth-order valence-electron chi connectivity index (χ4n) is 2.73. The molecule has 3 heteroatoms. The van der Waals surface area contributed by atoms with Crippen LogP contribution in [0.2, 0.25) is 0 Å². The first-order valence-corrected chi connectivity index (χ1v) is 7.41. The molecule has 1 nitrogen and oxygen atoms in total. The van der Waals surface area contributed by atoms with E-state index in [1.807, 2.05) is 6.07 Å². The number of hydrogen-bond acceptors (Lipinski definition) is 2. The zero-order valence-corrected chi connectivity index (χ0v) is 12.1. The van der Waals surface area contributed by atoms with Gasteiger partial charge in [-0.05, 0) is 48.1 Å². The van der Waals surface area contributed by atoms with E-state index in [4.69, 9.17) is 0 Å². The fourth-order valence-corrected chi connectivity index (χ4v) is 3.28. The highest BCUT2D eigenvalue weighted by molar-refractivity contribution is 7.80. The SMILES string of the molecule is CCC(CC)(CS)CN1CCc2ccc(F)cc21. The van der Waals surface area contributed by atoms with Crippen LogP contribution < -0.4 is 4.90 Å². The van der Waals surface area contributed by atoms with E-state index in [1.54, 1.807) is 12.1 Å². The van der Waals surface area contributed by atoms with Crippen molar-refractivity contribution in [1.82, 2.24) is 0 Å². The third-order valence-electron chi connectivity index (χ3n) is 4.40. The lowest BCUT2D eigenvalue weighted by Gasteiger charge is -2.35. The van der Waals surface area contributed by atoms with Crippen molar-refractivity contribution in [2.45, 2.75) is 33.1 Å². The van der Waals surface area contributed by atoms with E-state index in [0.29, 0.717) is 0 Å². The Balaban J connectivity index is 2.20. The smallest absolute Gasteiger partial charge is 0.125 e. The Hall–Kier alpha value is -0.700. The minimum Gasteiger partial charge on any atom is -0.370 e. The number of fused-ring (bicyclic) bond motifs is 1. The van der Waals surface area contributed by atoms with E-state index in [2.05, 4.69) is 31.4 Å². The summed E-state index contributed by atoms with van der Waals surface area (Å²) in [6.07, 6.45) is 3.27. The van der Waals surface area contributed by atoms with E-state index < -0.39 is 0 Å². The zero-order chi connectivity index (χ0) is 13.2. The molecule has 0 bridgehead atoms. The molecule has 0 atom stereocenters. The highest BCUT2D eigenvalue weighted by Gasteiger charge is 2.30. The van der Waals surface area contributed by atoms with E-state index in [-0.39, 0.29) is 11.2 Å². The van der Waals surface area contributed by atoms with Crippen LogP contribution in [0.25, 0.3) is 0 Å². The third kappa shape index (κ3) is 2.51. The summed E-state index contributed by atoms with van der Waals surface area (Å²) in [7, 11) is 0. The molecular formula is C15H22FNS. The van der Waals surface area contributed by atoms with Crippen LogP contribution >= 0.6 is 12.6 Å². The van der Waals surface area contributed by atoms with Gasteiger partial charge in [-0.2, -0.15) is 12.6 Å². The molecule has 0 spiro atoms. The van der Waals surface area contributed by atoms with Crippen LogP contribution in [0.15, 0.2) is 18.2 Å². The predicted octanol–water partition coefficient (Wildman–Crippen LogP) is 3.92. The molecule has 1 aromatic carbocycles. The minimum absolute atomic E-state index is 0.134. The van der Waals surface area contributed by atoms with E-state index in [1.165, 1.54) is 5.56 Å². The molecular weight excluding hydrogens is 245 g/mol. The number of hydrogen-bond donors (Lipinski definition) is 1. The molecule has 0 aliphatic carbocycles. The van der Waals surface area contributed by atoms with Gasteiger partial charge in [0.15, 0.2) is 0 Å². The number of nitrogens with zero attached hydrogens (tertiary/aromatic N) is 1. The second kappa shape index (κ2) is 5.52. The quantitative estimate of drug-likeness (QED) is 0.791. The summed E-state index contributed by atoms with van der Waals surface area (Å²) >= 11 is 4.52. The molecule has 0 aromatic heterocycles. The van der Waals surface area contributed by atoms with Crippen LogP contribution in [0, 0.1) is 11.2 Å². The highest BCUT2D eigenvalue weighted by atomic mass is 32.1. The lowest BCUT2D eigenvalue weighted by atomic mass is 9.84. The number of anilines is 1. The summed E-state index contributed by atoms with van der Waals surface area (Å²) in [4.78, 5) is 2.33. The summed E-state index contributed by atoms with van der Waals surface area (Å²) in [5, 5.41) is 0. The molecule has 100 valence electrons. The monoisotopic (exact) mass is 267 g/mol. The van der Waals surface area contributed by atoms with Crippen LogP contribution in [0.5, 0.6) is 0 Å². The van der Waals surface area contributed by atoms with Gasteiger partial charge in [0, 0.05) is 18.8 Å². The van der Waals surface area contributed by atoms with Gasteiger partial charge in [0.2, 0.25) is 0 Å². The fraction of sp³-hybridized carbons (Fsp3) is 0.600. The number of halogens is 1. The summed E-state index contributed by atoms with van der Waals surface area (Å²) in [5.41, 5.74) is 2.61. The molecule has 1 aromatic rings. The van der Waals surface area contributed by atoms with E-state index >= 15 is 0 Å². The van der Waals surface area contributed by atoms with Crippen molar-refractivity contribution in [3.05, 3.63) is 29.6 Å². The molecule has 1 heterocycles. The molecule has 0 saturated heterocycles. The van der Waals surface area contributed by atoms with Crippen molar-refractivity contribution in [1.29, 1.82) is 0 Å². The van der Waals surface area contributed by atoms with E-state index in [0.717, 1.165) is 43.8 Å². The Labute approximate surface area is 115 Å². The number of benzene rings is 1. The largest absolute Gasteiger partial charge is 0.370 e. The van der Waals surface area contributed by atoms with Crippen LogP contribution in [0.4, 0.5) is 10.1 Å². The Morgan fingerprint density at radius 2 is 2.06 bits per heavy atom. The Kier molecular flexibility index (Phi) is 4.21. The number of thiol groups is 1. The van der Waals surface area contributed by atoms with Gasteiger partial charge in [-0.15, -0.1) is 0 Å². The highest BCUT2D eigenvalue weighted by Crippen LogP contribution is 2.35. The second-order valence-corrected chi connectivity index (χ2v) is 5.63. The lowest BCUT2D eigenvalue weighted by molar-refractivity contribution is 0.312. The number of rotatable bonds is 5. The summed E-state index contributed by atoms with van der Waals surface area (Å²) in [5.74, 6) is 0.756. The molecule has 0 unspecified atom stereocenters. The summed E-state index contributed by atoms with van der Waals surface area (Å²) in [6, 6.07) is 5.16. The molecule has 1 aliphatic heterocycles. The van der Waals surface area contributed by atoms with Crippen LogP contribution in [0.3, 0.4) is 0 Å². The van der Waals surface area contributed by atoms with E-state index in [9.17, 15) is 4.39 Å². The molecule has 18 heavy (non-hydrogen) atoms. The van der Waals surface area contributed by atoms with Crippen LogP contribution in [-0.2, 0) is 6.42 Å². The van der Waals surface area contributed by atoms with Crippen LogP contribution in [0.1, 0.15) is 32.3 Å². The average Bonchev–Trinajstić information content (AvgIpc) is 2.78. The molecule has 0 saturated carbocycles. The van der Waals surface area contributed by atoms with Crippen molar-refractivity contribution in [3.63, 3.8) is 0 Å². The Morgan fingerprint density at radius 3 is 2.67 bits per heavy atom. The van der Waals surface area contributed by atoms with Gasteiger partial charge in [0.25, 0.3) is 0 Å². The minimum atomic E-state index is -0.134. The third-order valence-corrected chi connectivity index (χ3v) is 5.07. The molecule has 0 N–H and O–H groups in total. The van der Waals surface area contributed by atoms with Gasteiger partial charge in [0.1, 0.15) is 5.82 Å². The standard InChI is InChI=1S/C15H22FNS/c1-3-15(4-2,11-18)10-17-8-7-12-5-6-13(16)9-14(12)17/h5-6,9,18H,3-4,7-8,10-11H2,1-2H3. The first-order chi connectivity index (χ1) is 8.64. The summed E-state index contributed by atoms with van der Waals surface area (Å²) in [6.45, 7) is 6.44. The van der Waals surface area contributed by atoms with Crippen molar-refractivity contribution < 1.29 is 4.39 Å². The maximum absolute atomic E-state index is 13.4. The lowest BCUT2D eigenvalue weighted by Crippen LogP contribution is -2.37. The van der Waals surface area contributed by atoms with Gasteiger partial charge >= 0.3 is 0 Å². The predicted molar refractivity (Wildman–Crippen MR) is 79.2 cm³/mol. The van der Waals surface area contributed by atoms with Crippen LogP contribution in [-0.4, -0.2) is 18.8 Å². The zero-order valence-electron chi connectivity index (χ0n) is 11.2. The molecule has 0 radical (unpaired) electrons. The van der Waals surface area contributed by atoms with Gasteiger partial charge in [0.05, 0.1) is 0 Å². The molecule has 2 rings (SSSR count). The maximum Gasteiger partial charge on any atom is 0.125 e. The van der Waals surface area contributed by atoms with Gasteiger partial charge in [-0.25, -0.2) is 4.39 Å². The molecule has 0 fully saturated rings. The Bertz CT molecular complexity index is 407. The first-order valence-electron chi connectivity index (χ1n) is 6.78. The first kappa shape index (κ1) is 13.7. The summed E-state index contributed by atoms with van der Waals surface area (Å²) < 4.78 is 13.4. The van der Waals surface area contributed by atoms with Crippen molar-refractivity contribution >= 4 is 18.3 Å². The average molecular weight is 267 g/mol. The normalized spacial score (nSPS) is 15.0.